The van der Waals surface area contributed by atoms with E-state index in [0.29, 0.717) is 6.42 Å². The molecule has 0 rings (SSSR count). The van der Waals surface area contributed by atoms with Crippen LogP contribution in [-0.2, 0) is 4.79 Å². The van der Waals surface area contributed by atoms with Gasteiger partial charge in [0.15, 0.2) is 0 Å². The lowest BCUT2D eigenvalue weighted by Gasteiger charge is -2.19. The summed E-state index contributed by atoms with van der Waals surface area (Å²) in [7, 11) is 0. The van der Waals surface area contributed by atoms with Crippen molar-refractivity contribution in [2.24, 2.45) is 0 Å². The third-order valence-electron chi connectivity index (χ3n) is 9.33. The maximum atomic E-state index is 12.3. The van der Waals surface area contributed by atoms with Crippen LogP contribution in [0.15, 0.2) is 36.5 Å². The van der Waals surface area contributed by atoms with Gasteiger partial charge in [-0.15, -0.1) is 0 Å². The topological polar surface area (TPSA) is 69.6 Å². The molecule has 0 aromatic heterocycles. The second kappa shape index (κ2) is 39.1. The van der Waals surface area contributed by atoms with Crippen LogP contribution in [0.5, 0.6) is 0 Å². The molecule has 0 saturated heterocycles. The van der Waals surface area contributed by atoms with Gasteiger partial charge in [0.05, 0.1) is 18.8 Å². The van der Waals surface area contributed by atoms with Gasteiger partial charge in [-0.25, -0.2) is 0 Å². The predicted molar refractivity (Wildman–Crippen MR) is 207 cm³/mol. The summed E-state index contributed by atoms with van der Waals surface area (Å²) in [5.74, 6) is -0.0863. The molecule has 0 spiro atoms. The molecule has 2 atom stereocenters. The molecule has 0 aromatic rings. The fourth-order valence-corrected chi connectivity index (χ4v) is 6.14. The van der Waals surface area contributed by atoms with E-state index in [1.807, 2.05) is 6.08 Å². The van der Waals surface area contributed by atoms with Crippen LogP contribution in [0.1, 0.15) is 213 Å². The summed E-state index contributed by atoms with van der Waals surface area (Å²) in [5, 5.41) is 22.9. The van der Waals surface area contributed by atoms with E-state index in [9.17, 15) is 15.0 Å². The standard InChI is InChI=1S/C43H81NO3/c1-3-5-7-9-11-13-15-16-17-18-19-20-21-22-23-24-25-26-27-28-29-30-32-34-36-38-42(46)41(40-45)44-43(47)39-37-35-33-31-14-12-10-8-6-4-2/h8,10,29-30,36,38,41-42,45-46H,3-7,9,11-28,31-35,37,39-40H2,1-2H3,(H,44,47)/b10-8-,30-29+,38-36+. The molecule has 0 aliphatic rings. The molecule has 0 aliphatic heterocycles. The Labute approximate surface area is 293 Å². The molecular weight excluding hydrogens is 578 g/mol. The summed E-state index contributed by atoms with van der Waals surface area (Å²) in [4.78, 5) is 12.3. The summed E-state index contributed by atoms with van der Waals surface area (Å²) < 4.78 is 0. The van der Waals surface area contributed by atoms with E-state index in [4.69, 9.17) is 0 Å². The first kappa shape index (κ1) is 45.6. The van der Waals surface area contributed by atoms with Crippen LogP contribution in [0.4, 0.5) is 0 Å². The second-order valence-corrected chi connectivity index (χ2v) is 14.0. The Kier molecular flexibility index (Phi) is 37.9. The largest absolute Gasteiger partial charge is 0.394 e. The monoisotopic (exact) mass is 660 g/mol. The van der Waals surface area contributed by atoms with Crippen LogP contribution in [0.25, 0.3) is 0 Å². The molecule has 0 bridgehead atoms. The molecule has 4 heteroatoms. The van der Waals surface area contributed by atoms with Gasteiger partial charge in [-0.05, 0) is 51.4 Å². The minimum absolute atomic E-state index is 0.0863. The first-order valence-corrected chi connectivity index (χ1v) is 20.7. The number of amides is 1. The lowest BCUT2D eigenvalue weighted by atomic mass is 10.0. The highest BCUT2D eigenvalue weighted by Gasteiger charge is 2.17. The molecule has 0 aliphatic carbocycles. The summed E-state index contributed by atoms with van der Waals surface area (Å²) in [6.07, 6.45) is 51.2. The first-order chi connectivity index (χ1) is 23.2. The zero-order valence-electron chi connectivity index (χ0n) is 31.5. The number of hydrogen-bond donors (Lipinski definition) is 3. The molecule has 0 saturated carbocycles. The third kappa shape index (κ3) is 35.7. The van der Waals surface area contributed by atoms with Crippen molar-refractivity contribution < 1.29 is 15.0 Å². The van der Waals surface area contributed by atoms with Gasteiger partial charge in [0.2, 0.25) is 5.91 Å². The first-order valence-electron chi connectivity index (χ1n) is 20.7. The van der Waals surface area contributed by atoms with Gasteiger partial charge >= 0.3 is 0 Å². The van der Waals surface area contributed by atoms with Crippen molar-refractivity contribution in [3.63, 3.8) is 0 Å². The molecule has 0 aromatic carbocycles. The van der Waals surface area contributed by atoms with Crippen LogP contribution < -0.4 is 5.32 Å². The number of carbonyl (C=O) groups excluding carboxylic acids is 1. The number of hydrogen-bond acceptors (Lipinski definition) is 3. The van der Waals surface area contributed by atoms with E-state index in [1.54, 1.807) is 6.08 Å². The third-order valence-corrected chi connectivity index (χ3v) is 9.33. The van der Waals surface area contributed by atoms with Crippen LogP contribution in [-0.4, -0.2) is 34.9 Å². The Bertz CT molecular complexity index is 716. The van der Waals surface area contributed by atoms with E-state index < -0.39 is 12.1 Å². The SMILES string of the molecule is CCC/C=C\CCCCCCCC(=O)NC(CO)C(O)/C=C/CC/C=C/CCCCCCCCCCCCCCCCCCCCC. The van der Waals surface area contributed by atoms with Crippen LogP contribution in [0.2, 0.25) is 0 Å². The fraction of sp³-hybridized carbons (Fsp3) is 0.837. The highest BCUT2D eigenvalue weighted by molar-refractivity contribution is 5.76. The van der Waals surface area contributed by atoms with Gasteiger partial charge in [-0.2, -0.15) is 0 Å². The Morgan fingerprint density at radius 2 is 0.872 bits per heavy atom. The van der Waals surface area contributed by atoms with Gasteiger partial charge < -0.3 is 15.5 Å². The molecule has 47 heavy (non-hydrogen) atoms. The molecule has 1 amide bonds. The number of unbranched alkanes of at least 4 members (excludes halogenated alkanes) is 26. The van der Waals surface area contributed by atoms with Crippen molar-refractivity contribution in [3.05, 3.63) is 36.5 Å². The van der Waals surface area contributed by atoms with E-state index in [0.717, 1.165) is 44.9 Å². The van der Waals surface area contributed by atoms with Gasteiger partial charge in [0, 0.05) is 6.42 Å². The van der Waals surface area contributed by atoms with Crippen molar-refractivity contribution in [1.82, 2.24) is 5.32 Å². The number of aliphatic hydroxyl groups excluding tert-OH is 2. The predicted octanol–water partition coefficient (Wildman–Crippen LogP) is 12.6. The van der Waals surface area contributed by atoms with Crippen LogP contribution >= 0.6 is 0 Å². The van der Waals surface area contributed by atoms with Crippen LogP contribution in [0.3, 0.4) is 0 Å². The molecule has 3 N–H and O–H groups in total. The van der Waals surface area contributed by atoms with Crippen molar-refractivity contribution in [1.29, 1.82) is 0 Å². The maximum Gasteiger partial charge on any atom is 0.220 e. The zero-order chi connectivity index (χ0) is 34.3. The van der Waals surface area contributed by atoms with E-state index >= 15 is 0 Å². The summed E-state index contributed by atoms with van der Waals surface area (Å²) in [6, 6.07) is -0.640. The minimum Gasteiger partial charge on any atom is -0.394 e. The Balaban J connectivity index is 3.56. The lowest BCUT2D eigenvalue weighted by Crippen LogP contribution is -2.45. The molecule has 0 radical (unpaired) electrons. The van der Waals surface area contributed by atoms with Crippen LogP contribution in [0, 0.1) is 0 Å². The smallest absolute Gasteiger partial charge is 0.220 e. The number of rotatable bonds is 37. The fourth-order valence-electron chi connectivity index (χ4n) is 6.14. The van der Waals surface area contributed by atoms with Gasteiger partial charge in [-0.3, -0.25) is 4.79 Å². The Morgan fingerprint density at radius 3 is 1.32 bits per heavy atom. The van der Waals surface area contributed by atoms with Crippen molar-refractivity contribution >= 4 is 5.91 Å². The van der Waals surface area contributed by atoms with Crippen molar-refractivity contribution in [3.8, 4) is 0 Å². The minimum atomic E-state index is -0.863. The maximum absolute atomic E-state index is 12.3. The Morgan fingerprint density at radius 1 is 0.489 bits per heavy atom. The summed E-state index contributed by atoms with van der Waals surface area (Å²) in [6.45, 7) is 4.23. The average Bonchev–Trinajstić information content (AvgIpc) is 3.07. The summed E-state index contributed by atoms with van der Waals surface area (Å²) in [5.41, 5.74) is 0. The molecular formula is C43H81NO3. The second-order valence-electron chi connectivity index (χ2n) is 14.0. The highest BCUT2D eigenvalue weighted by atomic mass is 16.3. The molecule has 4 nitrogen and oxygen atoms in total. The number of aliphatic hydroxyl groups is 2. The molecule has 0 heterocycles. The Hall–Kier alpha value is -1.39. The average molecular weight is 660 g/mol. The number of nitrogens with one attached hydrogen (secondary N) is 1. The van der Waals surface area contributed by atoms with Gasteiger partial charge in [-0.1, -0.05) is 192 Å². The lowest BCUT2D eigenvalue weighted by molar-refractivity contribution is -0.123. The quantitative estimate of drug-likeness (QED) is 0.0459. The number of carbonyl (C=O) groups is 1. The number of allylic oxidation sites excluding steroid dienone is 5. The van der Waals surface area contributed by atoms with E-state index in [2.05, 4.69) is 43.5 Å². The molecule has 2 unspecified atom stereocenters. The molecule has 0 fully saturated rings. The molecule has 276 valence electrons. The normalized spacial score (nSPS) is 13.4. The van der Waals surface area contributed by atoms with E-state index in [1.165, 1.54) is 148 Å². The van der Waals surface area contributed by atoms with Crippen molar-refractivity contribution in [2.75, 3.05) is 6.61 Å². The van der Waals surface area contributed by atoms with Gasteiger partial charge in [0.1, 0.15) is 0 Å². The van der Waals surface area contributed by atoms with Crippen molar-refractivity contribution in [2.45, 2.75) is 225 Å². The zero-order valence-corrected chi connectivity index (χ0v) is 31.5. The van der Waals surface area contributed by atoms with Gasteiger partial charge in [0.25, 0.3) is 0 Å². The highest BCUT2D eigenvalue weighted by Crippen LogP contribution is 2.15. The van der Waals surface area contributed by atoms with E-state index in [-0.39, 0.29) is 12.5 Å². The summed E-state index contributed by atoms with van der Waals surface area (Å²) >= 11 is 0.